The van der Waals surface area contributed by atoms with Gasteiger partial charge >= 0.3 is 0 Å². The number of hydrogen-bond acceptors (Lipinski definition) is 4. The summed E-state index contributed by atoms with van der Waals surface area (Å²) in [6.45, 7) is 11.7. The van der Waals surface area contributed by atoms with Gasteiger partial charge in [-0.15, -0.1) is 0 Å². The average molecular weight is 414 g/mol. The van der Waals surface area contributed by atoms with Crippen LogP contribution >= 0.6 is 0 Å². The van der Waals surface area contributed by atoms with E-state index in [1.54, 1.807) is 0 Å². The topological polar surface area (TPSA) is 35.9 Å². The molecule has 2 heterocycles. The lowest BCUT2D eigenvalue weighted by Crippen LogP contribution is -2.42. The molecule has 0 amide bonds. The third-order valence-corrected chi connectivity index (χ3v) is 6.79. The van der Waals surface area contributed by atoms with Crippen LogP contribution in [0.15, 0.2) is 29.3 Å². The van der Waals surface area contributed by atoms with Crippen LogP contribution in [0.25, 0.3) is 0 Å². The van der Waals surface area contributed by atoms with Crippen LogP contribution in [0.5, 0.6) is 0 Å². The van der Waals surface area contributed by atoms with Gasteiger partial charge in [-0.2, -0.15) is 0 Å². The highest BCUT2D eigenvalue weighted by atomic mass is 16.1. The molecule has 2 saturated heterocycles. The molecule has 0 aromatic heterocycles. The summed E-state index contributed by atoms with van der Waals surface area (Å²) >= 11 is 0. The molecule has 4 heteroatoms. The van der Waals surface area contributed by atoms with Crippen molar-refractivity contribution < 1.29 is 4.79 Å². The molecule has 4 rings (SSSR count). The van der Waals surface area contributed by atoms with Crippen molar-refractivity contribution in [1.29, 1.82) is 0 Å². The van der Waals surface area contributed by atoms with Crippen LogP contribution in [0, 0.1) is 11.3 Å². The number of aldehydes is 1. The molecular weight excluding hydrogens is 370 g/mol. The van der Waals surface area contributed by atoms with Crippen molar-refractivity contribution in [3.8, 4) is 0 Å². The van der Waals surface area contributed by atoms with Crippen LogP contribution < -0.4 is 0 Å². The van der Waals surface area contributed by atoms with E-state index in [9.17, 15) is 4.79 Å². The lowest BCUT2D eigenvalue weighted by atomic mass is 9.65. The Morgan fingerprint density at radius 1 is 1.00 bits per heavy atom. The summed E-state index contributed by atoms with van der Waals surface area (Å²) in [6.07, 6.45) is 8.28. The minimum absolute atomic E-state index is 0.348. The largest absolute Gasteiger partial charge is 0.306 e. The molecule has 0 saturated carbocycles. The van der Waals surface area contributed by atoms with Crippen LogP contribution in [0.2, 0.25) is 0 Å². The Balaban J connectivity index is 0.000000245. The molecular formula is C26H43N3O. The Morgan fingerprint density at radius 2 is 1.60 bits per heavy atom. The third kappa shape index (κ3) is 6.75. The highest BCUT2D eigenvalue weighted by Crippen LogP contribution is 2.43. The number of rotatable bonds is 2. The van der Waals surface area contributed by atoms with Gasteiger partial charge in [0.25, 0.3) is 0 Å². The fourth-order valence-electron chi connectivity index (χ4n) is 4.82. The van der Waals surface area contributed by atoms with Gasteiger partial charge in [-0.25, -0.2) is 0 Å². The van der Waals surface area contributed by atoms with Crippen LogP contribution in [-0.2, 0) is 11.2 Å². The Hall–Kier alpha value is -1.52. The van der Waals surface area contributed by atoms with Crippen molar-refractivity contribution in [2.75, 3.05) is 46.8 Å². The van der Waals surface area contributed by atoms with Crippen molar-refractivity contribution in [2.24, 2.45) is 16.3 Å². The molecule has 0 N–H and O–H groups in total. The van der Waals surface area contributed by atoms with Gasteiger partial charge in [0.15, 0.2) is 0 Å². The van der Waals surface area contributed by atoms with Gasteiger partial charge in [-0.3, -0.25) is 4.99 Å². The second kappa shape index (κ2) is 12.4. The summed E-state index contributed by atoms with van der Waals surface area (Å²) in [5.74, 6) is 0.348. The quantitative estimate of drug-likeness (QED) is 0.659. The first-order valence-electron chi connectivity index (χ1n) is 12.0. The van der Waals surface area contributed by atoms with Crippen molar-refractivity contribution in [3.05, 3.63) is 35.4 Å². The van der Waals surface area contributed by atoms with Crippen molar-refractivity contribution >= 4 is 12.0 Å². The summed E-state index contributed by atoms with van der Waals surface area (Å²) in [5, 5.41) is 0. The SMILES string of the molecule is CC.CCN=C1CC2(CCN(C)CC2)Cc2ccccc21.CN1CCC(C=O)CC1. The predicted molar refractivity (Wildman–Crippen MR) is 129 cm³/mol. The number of carbonyl (C=O) groups is 1. The summed E-state index contributed by atoms with van der Waals surface area (Å²) in [5.41, 5.74) is 4.77. The van der Waals surface area contributed by atoms with Crippen molar-refractivity contribution in [2.45, 2.75) is 59.3 Å². The van der Waals surface area contributed by atoms with Crippen molar-refractivity contribution in [3.63, 3.8) is 0 Å². The third-order valence-electron chi connectivity index (χ3n) is 6.79. The van der Waals surface area contributed by atoms with E-state index in [2.05, 4.69) is 55.1 Å². The summed E-state index contributed by atoms with van der Waals surface area (Å²) in [4.78, 5) is 19.8. The molecule has 2 aliphatic heterocycles. The molecule has 3 aliphatic rings. The molecule has 168 valence electrons. The van der Waals surface area contributed by atoms with E-state index in [0.717, 1.165) is 38.8 Å². The highest BCUT2D eigenvalue weighted by Gasteiger charge is 2.39. The first-order valence-corrected chi connectivity index (χ1v) is 12.0. The van der Waals surface area contributed by atoms with Gasteiger partial charge in [0.1, 0.15) is 6.29 Å². The molecule has 1 aromatic rings. The second-order valence-corrected chi connectivity index (χ2v) is 9.01. The molecule has 1 aliphatic carbocycles. The van der Waals surface area contributed by atoms with Crippen molar-refractivity contribution in [1.82, 2.24) is 9.80 Å². The van der Waals surface area contributed by atoms with Gasteiger partial charge in [-0.1, -0.05) is 38.1 Å². The Kier molecular flexibility index (Phi) is 10.2. The fourth-order valence-corrected chi connectivity index (χ4v) is 4.82. The van der Waals surface area contributed by atoms with Gasteiger partial charge in [-0.05, 0) is 102 Å². The second-order valence-electron chi connectivity index (χ2n) is 9.01. The van der Waals surface area contributed by atoms with E-state index in [0.29, 0.717) is 11.3 Å². The first-order chi connectivity index (χ1) is 14.5. The Bertz CT molecular complexity index is 669. The molecule has 1 aromatic carbocycles. The molecule has 0 radical (unpaired) electrons. The number of aliphatic imine (C=N–C) groups is 1. The highest BCUT2D eigenvalue weighted by molar-refractivity contribution is 6.03. The number of fused-ring (bicyclic) bond motifs is 1. The van der Waals surface area contributed by atoms with Crippen LogP contribution in [0.4, 0.5) is 0 Å². The smallest absolute Gasteiger partial charge is 0.123 e. The van der Waals surface area contributed by atoms with E-state index in [1.165, 1.54) is 55.6 Å². The van der Waals surface area contributed by atoms with Crippen LogP contribution in [-0.4, -0.2) is 68.6 Å². The zero-order valence-corrected chi connectivity index (χ0v) is 20.0. The summed E-state index contributed by atoms with van der Waals surface area (Å²) < 4.78 is 0. The maximum atomic E-state index is 10.2. The molecule has 2 fully saturated rings. The molecule has 4 nitrogen and oxygen atoms in total. The average Bonchev–Trinajstić information content (AvgIpc) is 2.79. The fraction of sp³-hybridized carbons (Fsp3) is 0.692. The van der Waals surface area contributed by atoms with E-state index in [1.807, 2.05) is 13.8 Å². The molecule has 0 bridgehead atoms. The van der Waals surface area contributed by atoms with Gasteiger partial charge in [0.05, 0.1) is 0 Å². The Labute approximate surface area is 184 Å². The summed E-state index contributed by atoms with van der Waals surface area (Å²) in [7, 11) is 4.34. The summed E-state index contributed by atoms with van der Waals surface area (Å²) in [6, 6.07) is 8.89. The van der Waals surface area contributed by atoms with E-state index >= 15 is 0 Å². The molecule has 0 atom stereocenters. The molecule has 1 spiro atoms. The minimum atomic E-state index is 0.348. The minimum Gasteiger partial charge on any atom is -0.306 e. The maximum absolute atomic E-state index is 10.2. The normalized spacial score (nSPS) is 23.0. The lowest BCUT2D eigenvalue weighted by Gasteiger charge is -2.44. The number of likely N-dealkylation sites (tertiary alicyclic amines) is 2. The number of hydrogen-bond donors (Lipinski definition) is 0. The van der Waals surface area contributed by atoms with E-state index < -0.39 is 0 Å². The maximum Gasteiger partial charge on any atom is 0.123 e. The Morgan fingerprint density at radius 3 is 2.20 bits per heavy atom. The lowest BCUT2D eigenvalue weighted by molar-refractivity contribution is -0.112. The van der Waals surface area contributed by atoms with Crippen LogP contribution in [0.3, 0.4) is 0 Å². The predicted octanol–water partition coefficient (Wildman–Crippen LogP) is 4.71. The zero-order valence-electron chi connectivity index (χ0n) is 20.0. The number of carbonyl (C=O) groups excluding carboxylic acids is 1. The van der Waals surface area contributed by atoms with Gasteiger partial charge in [0.2, 0.25) is 0 Å². The molecule has 0 unspecified atom stereocenters. The molecule has 30 heavy (non-hydrogen) atoms. The van der Waals surface area contributed by atoms with Gasteiger partial charge in [0, 0.05) is 18.2 Å². The number of piperidine rings is 2. The number of benzene rings is 1. The number of nitrogens with zero attached hydrogens (tertiary/aromatic N) is 3. The monoisotopic (exact) mass is 413 g/mol. The van der Waals surface area contributed by atoms with E-state index in [4.69, 9.17) is 4.99 Å². The van der Waals surface area contributed by atoms with Crippen LogP contribution in [0.1, 0.15) is 64.0 Å². The first kappa shape index (κ1) is 24.7. The zero-order chi connectivity index (χ0) is 22.0. The standard InChI is InChI=1S/C17H24N2.C7H13NO.C2H6/c1-3-18-16-13-17(8-10-19(2)11-9-17)12-14-6-4-5-7-15(14)16;1-8-4-2-7(6-9)3-5-8;1-2/h4-7H,3,8-13H2,1-2H3;6-7H,2-5H2,1H3;1-2H3. The van der Waals surface area contributed by atoms with E-state index in [-0.39, 0.29) is 0 Å². The van der Waals surface area contributed by atoms with Gasteiger partial charge < -0.3 is 14.6 Å².